The van der Waals surface area contributed by atoms with E-state index < -0.39 is 25.4 Å². The van der Waals surface area contributed by atoms with Gasteiger partial charge in [-0.2, -0.15) is 0 Å². The number of hydrogen-bond acceptors (Lipinski definition) is 3. The Hall–Kier alpha value is -0.843. The molecule has 1 N–H and O–H groups in total. The van der Waals surface area contributed by atoms with Gasteiger partial charge in [-0.15, -0.1) is 0 Å². The summed E-state index contributed by atoms with van der Waals surface area (Å²) in [5, 5.41) is 9.11. The highest BCUT2D eigenvalue weighted by Gasteiger charge is 2.45. The molecule has 15 heavy (non-hydrogen) atoms. The molecule has 0 rings (SSSR count). The maximum atomic E-state index is 11.6. The van der Waals surface area contributed by atoms with Crippen LogP contribution >= 0.6 is 0 Å². The molecule has 0 fully saturated rings. The minimum Gasteiger partial charge on any atom is -0.480 e. The van der Waals surface area contributed by atoms with Crippen molar-refractivity contribution in [2.75, 3.05) is 6.61 Å². The minimum absolute atomic E-state index is 0.216. The Morgan fingerprint density at radius 2 is 1.80 bits per heavy atom. The Balaban J connectivity index is 4.91. The summed E-state index contributed by atoms with van der Waals surface area (Å²) in [6.07, 6.45) is 0. The summed E-state index contributed by atoms with van der Waals surface area (Å²) in [5.74, 6) is -1.72. The van der Waals surface area contributed by atoms with Gasteiger partial charge in [-0.25, -0.2) is 0 Å². The van der Waals surface area contributed by atoms with Crippen molar-refractivity contribution in [1.29, 1.82) is 0 Å². The Labute approximate surface area is 91.6 Å². The van der Waals surface area contributed by atoms with Gasteiger partial charge in [0.2, 0.25) is 0 Å². The van der Waals surface area contributed by atoms with Crippen molar-refractivity contribution in [3.8, 4) is 0 Å². The van der Waals surface area contributed by atoms with E-state index in [1.165, 1.54) is 6.92 Å². The number of rotatable bonds is 5. The van der Waals surface area contributed by atoms with E-state index in [0.717, 1.165) is 0 Å². The fraction of sp³-hybridized carbons (Fsp3) is 0.800. The van der Waals surface area contributed by atoms with Crippen LogP contribution in [-0.4, -0.2) is 31.7 Å². The van der Waals surface area contributed by atoms with E-state index in [4.69, 9.17) is 9.84 Å². The van der Waals surface area contributed by atoms with Crippen molar-refractivity contribution in [3.05, 3.63) is 0 Å². The van der Waals surface area contributed by atoms with E-state index in [9.17, 15) is 9.59 Å². The standard InChI is InChI=1S/C10H20O4Si/c1-6-14-9(13)10(2,8(11)12)7-15(3,4)5/h6-7H2,1-5H3,(H,11,12)/t10-/m1/s1. The minimum atomic E-state index is -1.63. The van der Waals surface area contributed by atoms with Crippen molar-refractivity contribution in [3.63, 3.8) is 0 Å². The zero-order chi connectivity index (χ0) is 12.3. The molecule has 0 radical (unpaired) electrons. The maximum Gasteiger partial charge on any atom is 0.322 e. The number of carboxylic acid groups (broad SMARTS) is 1. The number of carbonyl (C=O) groups excluding carboxylic acids is 1. The summed E-state index contributed by atoms with van der Waals surface area (Å²) in [6.45, 7) is 9.45. The number of esters is 1. The average molecular weight is 232 g/mol. The molecule has 0 aromatic rings. The van der Waals surface area contributed by atoms with Crippen LogP contribution < -0.4 is 0 Å². The second-order valence-corrected chi connectivity index (χ2v) is 10.6. The average Bonchev–Trinajstić information content (AvgIpc) is 2.01. The molecule has 0 aliphatic heterocycles. The predicted octanol–water partition coefficient (Wildman–Crippen LogP) is 1.98. The van der Waals surface area contributed by atoms with Crippen LogP contribution in [0.5, 0.6) is 0 Å². The van der Waals surface area contributed by atoms with Crippen LogP contribution in [0.3, 0.4) is 0 Å². The van der Waals surface area contributed by atoms with Crippen LogP contribution in [-0.2, 0) is 14.3 Å². The Morgan fingerprint density at radius 3 is 2.07 bits per heavy atom. The molecular formula is C10H20O4Si. The molecule has 0 aliphatic rings. The van der Waals surface area contributed by atoms with Crippen LogP contribution in [0.25, 0.3) is 0 Å². The first kappa shape index (κ1) is 14.2. The molecule has 0 aliphatic carbocycles. The lowest BCUT2D eigenvalue weighted by molar-refractivity contribution is -0.165. The lowest BCUT2D eigenvalue weighted by atomic mass is 9.94. The zero-order valence-corrected chi connectivity index (χ0v) is 11.1. The first-order chi connectivity index (χ1) is 6.63. The fourth-order valence-corrected chi connectivity index (χ4v) is 4.00. The molecule has 0 saturated heterocycles. The van der Waals surface area contributed by atoms with Gasteiger partial charge >= 0.3 is 11.9 Å². The van der Waals surface area contributed by atoms with Crippen LogP contribution in [0.4, 0.5) is 0 Å². The van der Waals surface area contributed by atoms with E-state index in [1.54, 1.807) is 6.92 Å². The third-order valence-corrected chi connectivity index (χ3v) is 3.85. The molecule has 1 atom stereocenters. The number of carboxylic acids is 1. The lowest BCUT2D eigenvalue weighted by Crippen LogP contribution is -2.43. The number of ether oxygens (including phenoxy) is 1. The third-order valence-electron chi connectivity index (χ3n) is 2.08. The van der Waals surface area contributed by atoms with Gasteiger partial charge in [0.25, 0.3) is 0 Å². The van der Waals surface area contributed by atoms with Crippen molar-refractivity contribution in [2.45, 2.75) is 39.5 Å². The smallest absolute Gasteiger partial charge is 0.322 e. The summed E-state index contributed by atoms with van der Waals surface area (Å²) in [6, 6.07) is 0.397. The van der Waals surface area contributed by atoms with E-state index in [1.807, 2.05) is 19.6 Å². The highest BCUT2D eigenvalue weighted by Crippen LogP contribution is 2.30. The molecule has 0 bridgehead atoms. The molecular weight excluding hydrogens is 212 g/mol. The van der Waals surface area contributed by atoms with Crippen LogP contribution in [0, 0.1) is 5.41 Å². The second kappa shape index (κ2) is 4.79. The maximum absolute atomic E-state index is 11.6. The molecule has 0 heterocycles. The Kier molecular flexibility index (Phi) is 4.52. The van der Waals surface area contributed by atoms with Gasteiger partial charge < -0.3 is 9.84 Å². The molecule has 88 valence electrons. The molecule has 0 unspecified atom stereocenters. The molecule has 0 saturated carbocycles. The van der Waals surface area contributed by atoms with Gasteiger partial charge in [0.1, 0.15) is 0 Å². The molecule has 4 nitrogen and oxygen atoms in total. The van der Waals surface area contributed by atoms with E-state index in [0.29, 0.717) is 6.04 Å². The molecule has 0 spiro atoms. The zero-order valence-electron chi connectivity index (χ0n) is 10.1. The largest absolute Gasteiger partial charge is 0.480 e. The summed E-state index contributed by atoms with van der Waals surface area (Å²) < 4.78 is 4.82. The third kappa shape index (κ3) is 4.03. The van der Waals surface area contributed by atoms with Gasteiger partial charge in [-0.3, -0.25) is 9.59 Å². The van der Waals surface area contributed by atoms with Crippen molar-refractivity contribution in [1.82, 2.24) is 0 Å². The number of carbonyl (C=O) groups is 2. The van der Waals surface area contributed by atoms with Crippen LogP contribution in [0.2, 0.25) is 25.7 Å². The normalized spacial score (nSPS) is 15.5. The van der Waals surface area contributed by atoms with Gasteiger partial charge in [-0.1, -0.05) is 19.6 Å². The quantitative estimate of drug-likeness (QED) is 0.447. The van der Waals surface area contributed by atoms with Crippen molar-refractivity contribution in [2.24, 2.45) is 5.41 Å². The van der Waals surface area contributed by atoms with Gasteiger partial charge in [0.15, 0.2) is 5.41 Å². The molecule has 0 aromatic heterocycles. The van der Waals surface area contributed by atoms with E-state index in [2.05, 4.69) is 0 Å². The summed E-state index contributed by atoms with van der Waals surface area (Å²) in [7, 11) is -1.63. The summed E-state index contributed by atoms with van der Waals surface area (Å²) in [5.41, 5.74) is -1.39. The first-order valence-electron chi connectivity index (χ1n) is 5.04. The molecule has 5 heteroatoms. The molecule has 0 aromatic carbocycles. The van der Waals surface area contributed by atoms with Crippen molar-refractivity contribution < 1.29 is 19.4 Å². The van der Waals surface area contributed by atoms with Crippen LogP contribution in [0.15, 0.2) is 0 Å². The number of aliphatic carboxylic acids is 1. The Morgan fingerprint density at radius 1 is 1.33 bits per heavy atom. The monoisotopic (exact) mass is 232 g/mol. The van der Waals surface area contributed by atoms with Crippen molar-refractivity contribution >= 4 is 20.0 Å². The lowest BCUT2D eigenvalue weighted by Gasteiger charge is -2.28. The van der Waals surface area contributed by atoms with Gasteiger partial charge in [0, 0.05) is 8.07 Å². The van der Waals surface area contributed by atoms with E-state index >= 15 is 0 Å². The fourth-order valence-electron chi connectivity index (χ4n) is 1.59. The summed E-state index contributed by atoms with van der Waals surface area (Å²) in [4.78, 5) is 22.7. The second-order valence-electron chi connectivity index (χ2n) is 5.10. The molecule has 0 amide bonds. The summed E-state index contributed by atoms with van der Waals surface area (Å²) >= 11 is 0. The van der Waals surface area contributed by atoms with Gasteiger partial charge in [0.05, 0.1) is 6.61 Å². The highest BCUT2D eigenvalue weighted by molar-refractivity contribution is 6.76. The highest BCUT2D eigenvalue weighted by atomic mass is 28.3. The Bertz CT molecular complexity index is 257. The predicted molar refractivity (Wildman–Crippen MR) is 60.5 cm³/mol. The topological polar surface area (TPSA) is 63.6 Å². The number of hydrogen-bond donors (Lipinski definition) is 1. The van der Waals surface area contributed by atoms with E-state index in [-0.39, 0.29) is 6.61 Å². The van der Waals surface area contributed by atoms with Crippen LogP contribution in [0.1, 0.15) is 13.8 Å². The SMILES string of the molecule is CCOC(=O)[C@](C)(C[Si](C)(C)C)C(=O)O. The first-order valence-corrected chi connectivity index (χ1v) is 8.75. The van der Waals surface area contributed by atoms with Gasteiger partial charge in [-0.05, 0) is 19.9 Å².